The molecular formula is C21H29F3N6O3. The number of halogens is 3. The number of anilines is 3. The highest BCUT2D eigenvalue weighted by Gasteiger charge is 2.29. The predicted molar refractivity (Wildman–Crippen MR) is 118 cm³/mol. The van der Waals surface area contributed by atoms with Crippen LogP contribution in [0, 0.1) is 0 Å². The molecule has 182 valence electrons. The second kappa shape index (κ2) is 13.4. The lowest BCUT2D eigenvalue weighted by molar-refractivity contribution is -0.154. The number of alkyl halides is 3. The quantitative estimate of drug-likeness (QED) is 0.277. The smallest absolute Gasteiger partial charge is 0.422 e. The first kappa shape index (κ1) is 26.1. The van der Waals surface area contributed by atoms with E-state index in [1.807, 2.05) is 0 Å². The lowest BCUT2D eigenvalue weighted by Crippen LogP contribution is -2.21. The van der Waals surface area contributed by atoms with Crippen molar-refractivity contribution in [3.8, 4) is 6.01 Å². The largest absolute Gasteiger partial charge is 0.465 e. The van der Waals surface area contributed by atoms with Gasteiger partial charge < -0.3 is 25.8 Å². The number of nitrogens with one attached hydrogen (secondary N) is 2. The van der Waals surface area contributed by atoms with Crippen LogP contribution in [-0.2, 0) is 4.74 Å². The van der Waals surface area contributed by atoms with Gasteiger partial charge in [-0.1, -0.05) is 25.7 Å². The van der Waals surface area contributed by atoms with Crippen molar-refractivity contribution in [2.75, 3.05) is 37.4 Å². The second-order valence-corrected chi connectivity index (χ2v) is 7.20. The molecule has 0 amide bonds. The molecule has 33 heavy (non-hydrogen) atoms. The summed E-state index contributed by atoms with van der Waals surface area (Å²) in [5, 5.41) is 5.87. The molecule has 1 aromatic heterocycles. The van der Waals surface area contributed by atoms with Gasteiger partial charge in [-0.25, -0.2) is 4.79 Å². The van der Waals surface area contributed by atoms with Crippen LogP contribution in [0.2, 0.25) is 0 Å². The van der Waals surface area contributed by atoms with E-state index in [0.717, 1.165) is 38.5 Å². The van der Waals surface area contributed by atoms with Crippen molar-refractivity contribution in [3.63, 3.8) is 0 Å². The minimum absolute atomic E-state index is 0.00252. The monoisotopic (exact) mass is 470 g/mol. The average Bonchev–Trinajstić information content (AvgIpc) is 2.79. The zero-order chi connectivity index (χ0) is 24.1. The number of ether oxygens (including phenoxy) is 2. The maximum Gasteiger partial charge on any atom is 0.422 e. The van der Waals surface area contributed by atoms with Crippen LogP contribution in [0.15, 0.2) is 24.3 Å². The Morgan fingerprint density at radius 1 is 0.970 bits per heavy atom. The maximum atomic E-state index is 12.5. The molecular weight excluding hydrogens is 441 g/mol. The Kier molecular flexibility index (Phi) is 10.6. The van der Waals surface area contributed by atoms with E-state index in [-0.39, 0.29) is 11.9 Å². The fraction of sp³-hybridized carbons (Fsp3) is 0.524. The van der Waals surface area contributed by atoms with E-state index >= 15 is 0 Å². The number of nitrogens with zero attached hydrogens (tertiary/aromatic N) is 3. The Morgan fingerprint density at radius 3 is 2.24 bits per heavy atom. The highest BCUT2D eigenvalue weighted by atomic mass is 19.4. The molecule has 0 atom stereocenters. The van der Waals surface area contributed by atoms with Crippen LogP contribution < -0.4 is 21.1 Å². The molecule has 2 rings (SSSR count). The molecule has 0 saturated heterocycles. The van der Waals surface area contributed by atoms with Gasteiger partial charge >= 0.3 is 18.2 Å². The number of carbonyl (C=O) groups excluding carboxylic acids is 1. The minimum atomic E-state index is -4.53. The number of esters is 1. The zero-order valence-corrected chi connectivity index (χ0v) is 18.5. The molecule has 0 fully saturated rings. The predicted octanol–water partition coefficient (Wildman–Crippen LogP) is 4.05. The van der Waals surface area contributed by atoms with Gasteiger partial charge in [0.05, 0.1) is 12.7 Å². The van der Waals surface area contributed by atoms with E-state index in [4.69, 9.17) is 10.5 Å². The van der Waals surface area contributed by atoms with Crippen molar-refractivity contribution in [3.05, 3.63) is 29.8 Å². The molecule has 1 heterocycles. The summed E-state index contributed by atoms with van der Waals surface area (Å²) in [5.74, 6) is -0.397. The van der Waals surface area contributed by atoms with Crippen molar-refractivity contribution in [1.29, 1.82) is 0 Å². The van der Waals surface area contributed by atoms with Gasteiger partial charge in [0.2, 0.25) is 11.9 Å². The van der Waals surface area contributed by atoms with Gasteiger partial charge in [0.25, 0.3) is 0 Å². The van der Waals surface area contributed by atoms with Crippen molar-refractivity contribution >= 4 is 23.6 Å². The van der Waals surface area contributed by atoms with E-state index in [0.29, 0.717) is 24.3 Å². The minimum Gasteiger partial charge on any atom is -0.465 e. The summed E-state index contributed by atoms with van der Waals surface area (Å²) in [4.78, 5) is 23.5. The molecule has 0 aliphatic carbocycles. The van der Waals surface area contributed by atoms with Gasteiger partial charge in [-0.3, -0.25) is 0 Å². The van der Waals surface area contributed by atoms with Gasteiger partial charge in [-0.15, -0.1) is 0 Å². The SMILES string of the molecule is COC(=O)c1ccc(Nc2nc(NCCCCCCCCN)nc(OCC(F)(F)F)n2)cc1. The molecule has 9 nitrogen and oxygen atoms in total. The Labute approximate surface area is 190 Å². The molecule has 4 N–H and O–H groups in total. The summed E-state index contributed by atoms with van der Waals surface area (Å²) in [6.45, 7) is -0.273. The zero-order valence-electron chi connectivity index (χ0n) is 18.5. The van der Waals surface area contributed by atoms with Gasteiger partial charge in [-0.05, 0) is 43.7 Å². The highest BCUT2D eigenvalue weighted by molar-refractivity contribution is 5.89. The van der Waals surface area contributed by atoms with Crippen LogP contribution in [0.1, 0.15) is 48.9 Å². The van der Waals surface area contributed by atoms with Crippen LogP contribution in [0.3, 0.4) is 0 Å². The average molecular weight is 470 g/mol. The molecule has 0 aliphatic rings. The van der Waals surface area contributed by atoms with E-state index in [9.17, 15) is 18.0 Å². The third-order valence-corrected chi connectivity index (χ3v) is 4.46. The van der Waals surface area contributed by atoms with E-state index in [1.54, 1.807) is 12.1 Å². The standard InChI is InChI=1S/C21H29F3N6O3/c1-32-17(31)15-8-10-16(11-9-15)27-19-28-18(26-13-7-5-3-2-4-6-12-25)29-20(30-19)33-14-21(22,23)24/h8-11H,2-7,12-14,25H2,1H3,(H2,26,27,28,29,30). The highest BCUT2D eigenvalue weighted by Crippen LogP contribution is 2.20. The van der Waals surface area contributed by atoms with Crippen LogP contribution >= 0.6 is 0 Å². The van der Waals surface area contributed by atoms with Crippen LogP contribution in [-0.4, -0.2) is 53.9 Å². The van der Waals surface area contributed by atoms with Gasteiger partial charge in [0.15, 0.2) is 6.61 Å². The number of rotatable bonds is 14. The van der Waals surface area contributed by atoms with Crippen molar-refractivity contribution in [2.45, 2.75) is 44.7 Å². The number of hydrogen-bond acceptors (Lipinski definition) is 9. The van der Waals surface area contributed by atoms with Gasteiger partial charge in [-0.2, -0.15) is 28.1 Å². The first-order valence-corrected chi connectivity index (χ1v) is 10.7. The third kappa shape index (κ3) is 10.3. The number of carbonyl (C=O) groups is 1. The van der Waals surface area contributed by atoms with Crippen LogP contribution in [0.25, 0.3) is 0 Å². The summed E-state index contributed by atoms with van der Waals surface area (Å²) in [6, 6.07) is 5.78. The fourth-order valence-corrected chi connectivity index (χ4v) is 2.82. The number of methoxy groups -OCH3 is 1. The molecule has 0 aliphatic heterocycles. The molecule has 0 unspecified atom stereocenters. The molecule has 12 heteroatoms. The van der Waals surface area contributed by atoms with Crippen molar-refractivity contribution in [1.82, 2.24) is 15.0 Å². The summed E-state index contributed by atoms with van der Waals surface area (Å²) in [6.07, 6.45) is 1.64. The normalized spacial score (nSPS) is 11.2. The number of unbranched alkanes of at least 4 members (excludes halogenated alkanes) is 5. The first-order chi connectivity index (χ1) is 15.8. The summed E-state index contributed by atoms with van der Waals surface area (Å²) < 4.78 is 47.0. The van der Waals surface area contributed by atoms with Crippen LogP contribution in [0.4, 0.5) is 30.8 Å². The second-order valence-electron chi connectivity index (χ2n) is 7.20. The van der Waals surface area contributed by atoms with Gasteiger partial charge in [0, 0.05) is 12.2 Å². The maximum absolute atomic E-state index is 12.5. The van der Waals surface area contributed by atoms with E-state index in [1.165, 1.54) is 19.2 Å². The Morgan fingerprint density at radius 2 is 1.61 bits per heavy atom. The topological polar surface area (TPSA) is 124 Å². The first-order valence-electron chi connectivity index (χ1n) is 10.7. The summed E-state index contributed by atoms with van der Waals surface area (Å²) >= 11 is 0. The molecule has 1 aromatic carbocycles. The number of nitrogens with two attached hydrogens (primary N) is 1. The Hall–Kier alpha value is -3.15. The Bertz CT molecular complexity index is 865. The van der Waals surface area contributed by atoms with E-state index < -0.39 is 24.8 Å². The number of benzene rings is 1. The molecule has 0 spiro atoms. The Balaban J connectivity index is 2.01. The summed E-state index contributed by atoms with van der Waals surface area (Å²) in [7, 11) is 1.28. The van der Waals surface area contributed by atoms with E-state index in [2.05, 4.69) is 30.3 Å². The lowest BCUT2D eigenvalue weighted by Gasteiger charge is -2.12. The lowest BCUT2D eigenvalue weighted by atomic mass is 10.1. The molecule has 0 saturated carbocycles. The molecule has 0 radical (unpaired) electrons. The molecule has 2 aromatic rings. The number of aromatic nitrogens is 3. The van der Waals surface area contributed by atoms with Crippen molar-refractivity contribution in [2.24, 2.45) is 5.73 Å². The van der Waals surface area contributed by atoms with Crippen LogP contribution in [0.5, 0.6) is 6.01 Å². The van der Waals surface area contributed by atoms with Gasteiger partial charge in [0.1, 0.15) is 0 Å². The summed E-state index contributed by atoms with van der Waals surface area (Å²) in [5.41, 5.74) is 6.33. The third-order valence-electron chi connectivity index (χ3n) is 4.46. The van der Waals surface area contributed by atoms with Crippen molar-refractivity contribution < 1.29 is 27.4 Å². The number of hydrogen-bond donors (Lipinski definition) is 3. The fourth-order valence-electron chi connectivity index (χ4n) is 2.82. The molecule has 0 bridgehead atoms.